The molecule has 4 rings (SSSR count). The predicted molar refractivity (Wildman–Crippen MR) is 140 cm³/mol. The van der Waals surface area contributed by atoms with E-state index < -0.39 is 17.8 Å². The number of carbonyl (C=O) groups excluding carboxylic acids is 1. The highest BCUT2D eigenvalue weighted by Gasteiger charge is 2.25. The van der Waals surface area contributed by atoms with Gasteiger partial charge in [0.25, 0.3) is 0 Å². The van der Waals surface area contributed by atoms with E-state index in [0.29, 0.717) is 40.7 Å². The SMILES string of the molecule is CCOc1cc(OC)c(F)c(C(Nc2ccc(C(=N)N)cc2)c2ncc(-c3ccc(C(N)=O)cc3)[nH]2)c1. The van der Waals surface area contributed by atoms with Crippen molar-refractivity contribution >= 4 is 17.4 Å². The number of hydrogen-bond acceptors (Lipinski definition) is 6. The standard InChI is InChI=1S/C27H27FN6O3/c1-3-37-19-12-20(23(28)22(13-19)36-2)24(33-18-10-8-16(9-11-18)25(29)30)27-32-14-21(34-27)15-4-6-17(7-5-15)26(31)35/h4-14,24,33H,3H2,1-2H3,(H3,29,30)(H2,31,35)(H,32,34). The first-order valence-corrected chi connectivity index (χ1v) is 11.5. The van der Waals surface area contributed by atoms with Crippen LogP contribution in [0.4, 0.5) is 10.1 Å². The molecule has 0 bridgehead atoms. The average molecular weight is 503 g/mol. The van der Waals surface area contributed by atoms with Crippen molar-refractivity contribution in [3.8, 4) is 22.8 Å². The second kappa shape index (κ2) is 10.8. The van der Waals surface area contributed by atoms with Crippen LogP contribution < -0.4 is 26.3 Å². The minimum absolute atomic E-state index is 0.0356. The minimum Gasteiger partial charge on any atom is -0.494 e. The number of halogens is 1. The Labute approximate surface area is 213 Å². The lowest BCUT2D eigenvalue weighted by atomic mass is 10.0. The lowest BCUT2D eigenvalue weighted by molar-refractivity contribution is 0.100. The van der Waals surface area contributed by atoms with Crippen molar-refractivity contribution in [1.82, 2.24) is 9.97 Å². The number of benzene rings is 3. The predicted octanol–water partition coefficient (Wildman–Crippen LogP) is 4.21. The van der Waals surface area contributed by atoms with Crippen LogP contribution in [0.15, 0.2) is 66.9 Å². The highest BCUT2D eigenvalue weighted by molar-refractivity contribution is 5.95. The summed E-state index contributed by atoms with van der Waals surface area (Å²) in [6.07, 6.45) is 1.63. The topological polar surface area (TPSA) is 152 Å². The molecule has 1 heterocycles. The van der Waals surface area contributed by atoms with Gasteiger partial charge in [0.05, 0.1) is 25.6 Å². The number of anilines is 1. The largest absolute Gasteiger partial charge is 0.494 e. The number of amides is 1. The smallest absolute Gasteiger partial charge is 0.248 e. The van der Waals surface area contributed by atoms with Crippen molar-refractivity contribution in [2.45, 2.75) is 13.0 Å². The van der Waals surface area contributed by atoms with Gasteiger partial charge in [0, 0.05) is 28.4 Å². The molecule has 7 N–H and O–H groups in total. The summed E-state index contributed by atoms with van der Waals surface area (Å²) in [5.74, 6) is -0.222. The molecular formula is C27H27FN6O3. The van der Waals surface area contributed by atoms with Gasteiger partial charge in [-0.05, 0) is 55.0 Å². The Balaban J connectivity index is 1.78. The molecule has 0 aliphatic rings. The maximum atomic E-state index is 15.6. The summed E-state index contributed by atoms with van der Waals surface area (Å²) in [5.41, 5.74) is 14.2. The zero-order valence-corrected chi connectivity index (χ0v) is 20.3. The van der Waals surface area contributed by atoms with E-state index in [9.17, 15) is 4.79 Å². The highest BCUT2D eigenvalue weighted by Crippen LogP contribution is 2.35. The number of amidine groups is 1. The normalized spacial score (nSPS) is 11.5. The molecule has 3 aromatic carbocycles. The fourth-order valence-electron chi connectivity index (χ4n) is 3.85. The number of aromatic nitrogens is 2. The van der Waals surface area contributed by atoms with Crippen LogP contribution in [0, 0.1) is 11.2 Å². The number of rotatable bonds is 10. The van der Waals surface area contributed by atoms with E-state index in [1.807, 2.05) is 6.92 Å². The molecule has 1 aromatic heterocycles. The van der Waals surface area contributed by atoms with Crippen LogP contribution in [0.1, 0.15) is 40.3 Å². The summed E-state index contributed by atoms with van der Waals surface area (Å²) in [6.45, 7) is 2.23. The molecule has 0 fully saturated rings. The van der Waals surface area contributed by atoms with Crippen LogP contribution in [0.3, 0.4) is 0 Å². The van der Waals surface area contributed by atoms with E-state index in [2.05, 4.69) is 15.3 Å². The molecule has 10 heteroatoms. The average Bonchev–Trinajstić information content (AvgIpc) is 3.39. The number of H-pyrrole nitrogens is 1. The van der Waals surface area contributed by atoms with Crippen molar-refractivity contribution in [2.75, 3.05) is 19.0 Å². The monoisotopic (exact) mass is 502 g/mol. The first kappa shape index (κ1) is 25.2. The lowest BCUT2D eigenvalue weighted by Gasteiger charge is -2.21. The molecule has 37 heavy (non-hydrogen) atoms. The van der Waals surface area contributed by atoms with E-state index in [0.717, 1.165) is 5.56 Å². The first-order valence-electron chi connectivity index (χ1n) is 11.5. The van der Waals surface area contributed by atoms with Crippen LogP contribution in [0.5, 0.6) is 11.5 Å². The molecule has 0 aliphatic heterocycles. The minimum atomic E-state index is -0.767. The van der Waals surface area contributed by atoms with Crippen LogP contribution in [-0.2, 0) is 0 Å². The van der Waals surface area contributed by atoms with Crippen LogP contribution in [0.25, 0.3) is 11.3 Å². The number of hydrogen-bond donors (Lipinski definition) is 5. The van der Waals surface area contributed by atoms with Gasteiger partial charge in [0.2, 0.25) is 5.91 Å². The zero-order valence-electron chi connectivity index (χ0n) is 20.3. The number of ether oxygens (including phenoxy) is 2. The summed E-state index contributed by atoms with van der Waals surface area (Å²) in [5, 5.41) is 10.9. The Morgan fingerprint density at radius 2 is 1.78 bits per heavy atom. The molecular weight excluding hydrogens is 475 g/mol. The van der Waals surface area contributed by atoms with Gasteiger partial charge in [0.1, 0.15) is 23.5 Å². The number of primary amides is 1. The molecule has 0 aliphatic carbocycles. The van der Waals surface area contributed by atoms with Crippen molar-refractivity contribution < 1.29 is 18.7 Å². The molecule has 0 saturated carbocycles. The second-order valence-electron chi connectivity index (χ2n) is 8.15. The Kier molecular flexibility index (Phi) is 7.38. The molecule has 0 radical (unpaired) electrons. The van der Waals surface area contributed by atoms with E-state index in [1.54, 1.807) is 60.8 Å². The van der Waals surface area contributed by atoms with Gasteiger partial charge in [-0.3, -0.25) is 10.2 Å². The third kappa shape index (κ3) is 5.53. The fourth-order valence-corrected chi connectivity index (χ4v) is 3.85. The second-order valence-corrected chi connectivity index (χ2v) is 8.15. The summed E-state index contributed by atoms with van der Waals surface area (Å²) < 4.78 is 26.5. The Morgan fingerprint density at radius 3 is 2.38 bits per heavy atom. The summed E-state index contributed by atoms with van der Waals surface area (Å²) in [6, 6.07) is 16.0. The van der Waals surface area contributed by atoms with E-state index in [1.165, 1.54) is 13.2 Å². The number of nitrogens with two attached hydrogens (primary N) is 2. The van der Waals surface area contributed by atoms with Gasteiger partial charge in [-0.15, -0.1) is 0 Å². The fraction of sp³-hybridized carbons (Fsp3) is 0.148. The van der Waals surface area contributed by atoms with E-state index >= 15 is 4.39 Å². The molecule has 0 saturated heterocycles. The maximum Gasteiger partial charge on any atom is 0.248 e. The van der Waals surface area contributed by atoms with Crippen LogP contribution in [-0.4, -0.2) is 35.4 Å². The van der Waals surface area contributed by atoms with Gasteiger partial charge >= 0.3 is 0 Å². The van der Waals surface area contributed by atoms with Crippen molar-refractivity contribution in [3.05, 3.63) is 95.2 Å². The molecule has 1 atom stereocenters. The van der Waals surface area contributed by atoms with Crippen molar-refractivity contribution in [2.24, 2.45) is 11.5 Å². The Morgan fingerprint density at radius 1 is 1.11 bits per heavy atom. The number of aromatic amines is 1. The summed E-state index contributed by atoms with van der Waals surface area (Å²) in [7, 11) is 1.39. The van der Waals surface area contributed by atoms with Gasteiger partial charge in [-0.2, -0.15) is 0 Å². The molecule has 9 nitrogen and oxygen atoms in total. The Hall–Kier alpha value is -4.86. The number of methoxy groups -OCH3 is 1. The number of carbonyl (C=O) groups is 1. The third-order valence-corrected chi connectivity index (χ3v) is 5.74. The van der Waals surface area contributed by atoms with Crippen molar-refractivity contribution in [1.29, 1.82) is 5.41 Å². The van der Waals surface area contributed by atoms with Crippen LogP contribution >= 0.6 is 0 Å². The number of imidazole rings is 1. The summed E-state index contributed by atoms with van der Waals surface area (Å²) in [4.78, 5) is 19.2. The molecule has 190 valence electrons. The van der Waals surface area contributed by atoms with Gasteiger partial charge in [0.15, 0.2) is 11.6 Å². The molecule has 4 aromatic rings. The number of nitrogen functional groups attached to an aromatic ring is 1. The van der Waals surface area contributed by atoms with Crippen molar-refractivity contribution in [3.63, 3.8) is 0 Å². The highest BCUT2D eigenvalue weighted by atomic mass is 19.1. The van der Waals surface area contributed by atoms with Crippen LogP contribution in [0.2, 0.25) is 0 Å². The molecule has 1 amide bonds. The Bertz CT molecular complexity index is 1420. The van der Waals surface area contributed by atoms with Gasteiger partial charge < -0.3 is 31.2 Å². The molecule has 0 spiro atoms. The number of nitrogens with one attached hydrogen (secondary N) is 3. The van der Waals surface area contributed by atoms with E-state index in [-0.39, 0.29) is 17.1 Å². The van der Waals surface area contributed by atoms with Gasteiger partial charge in [-0.25, -0.2) is 9.37 Å². The molecule has 1 unspecified atom stereocenters. The maximum absolute atomic E-state index is 15.6. The first-order chi connectivity index (χ1) is 17.8. The van der Waals surface area contributed by atoms with E-state index in [4.69, 9.17) is 26.4 Å². The quantitative estimate of drug-likeness (QED) is 0.162. The zero-order chi connectivity index (χ0) is 26.5. The van der Waals surface area contributed by atoms with Gasteiger partial charge in [-0.1, -0.05) is 12.1 Å². The number of nitrogens with zero attached hydrogens (tertiary/aromatic N) is 1. The lowest BCUT2D eigenvalue weighted by Crippen LogP contribution is -2.17. The third-order valence-electron chi connectivity index (χ3n) is 5.74. The summed E-state index contributed by atoms with van der Waals surface area (Å²) >= 11 is 0.